The molecule has 0 bridgehead atoms. The Labute approximate surface area is 159 Å². The lowest BCUT2D eigenvalue weighted by Gasteiger charge is -2.21. The molecule has 1 amide bonds. The number of hydrogen-bond donors (Lipinski definition) is 2. The van der Waals surface area contributed by atoms with Gasteiger partial charge in [0.15, 0.2) is 0 Å². The monoisotopic (exact) mass is 373 g/mol. The molecule has 1 saturated carbocycles. The summed E-state index contributed by atoms with van der Waals surface area (Å²) in [5.41, 5.74) is 1.94. The fourth-order valence-electron chi connectivity index (χ4n) is 2.79. The smallest absolute Gasteiger partial charge is 0.223 e. The zero-order valence-electron chi connectivity index (χ0n) is 15.4. The third-order valence-corrected chi connectivity index (χ3v) is 5.77. The predicted octanol–water partition coefficient (Wildman–Crippen LogP) is 4.40. The topological polar surface area (TPSA) is 58.6 Å². The van der Waals surface area contributed by atoms with E-state index in [1.165, 1.54) is 0 Å². The van der Waals surface area contributed by atoms with Gasteiger partial charge in [0.05, 0.1) is 19.3 Å². The van der Waals surface area contributed by atoms with Gasteiger partial charge < -0.3 is 15.2 Å². The maximum absolute atomic E-state index is 12.2. The molecule has 0 aliphatic heterocycles. The van der Waals surface area contributed by atoms with E-state index >= 15 is 0 Å². The molecule has 2 aromatic rings. The molecule has 1 aliphatic rings. The Balaban J connectivity index is 1.86. The lowest BCUT2D eigenvalue weighted by atomic mass is 9.98. The number of carbonyl (C=O) groups is 1. The summed E-state index contributed by atoms with van der Waals surface area (Å²) in [6, 6.07) is 9.58. The van der Waals surface area contributed by atoms with Gasteiger partial charge in [-0.25, -0.2) is 0 Å². The van der Waals surface area contributed by atoms with Gasteiger partial charge in [-0.05, 0) is 47.9 Å². The number of amides is 1. The lowest BCUT2D eigenvalue weighted by molar-refractivity contribution is -0.123. The third-order valence-electron chi connectivity index (χ3n) is 4.87. The Morgan fingerprint density at radius 1 is 1.38 bits per heavy atom. The standard InChI is InChI=1S/C21H27NO3S/c1-3-14(2)13-25-16-8-9-17(18(11-16)20-5-4-10-26-20)19(12-23)22-21(24)15-6-7-15/h4-5,8-11,14-15,19,23H,3,6-7,12-13H2,1-2H3,(H,22,24)/t14-,19-/m0/s1. The van der Waals surface area contributed by atoms with Gasteiger partial charge in [0.25, 0.3) is 0 Å². The zero-order valence-corrected chi connectivity index (χ0v) is 16.2. The minimum atomic E-state index is -0.399. The number of nitrogens with one attached hydrogen (secondary N) is 1. The molecular formula is C21H27NO3S. The van der Waals surface area contributed by atoms with Gasteiger partial charge in [-0.3, -0.25) is 4.79 Å². The Kier molecular flexibility index (Phi) is 6.33. The largest absolute Gasteiger partial charge is 0.493 e. The number of benzene rings is 1. The number of ether oxygens (including phenoxy) is 1. The summed E-state index contributed by atoms with van der Waals surface area (Å²) in [5.74, 6) is 1.48. The van der Waals surface area contributed by atoms with Crippen molar-refractivity contribution in [2.45, 2.75) is 39.2 Å². The van der Waals surface area contributed by atoms with E-state index in [0.717, 1.165) is 41.0 Å². The van der Waals surface area contributed by atoms with Crippen molar-refractivity contribution in [2.75, 3.05) is 13.2 Å². The van der Waals surface area contributed by atoms with Crippen molar-refractivity contribution in [2.24, 2.45) is 11.8 Å². The van der Waals surface area contributed by atoms with Crippen LogP contribution in [0.1, 0.15) is 44.7 Å². The van der Waals surface area contributed by atoms with Crippen molar-refractivity contribution in [1.82, 2.24) is 5.32 Å². The first-order valence-corrected chi connectivity index (χ1v) is 10.2. The highest BCUT2D eigenvalue weighted by molar-refractivity contribution is 7.13. The number of carbonyl (C=O) groups excluding carboxylic acids is 1. The van der Waals surface area contributed by atoms with Gasteiger partial charge >= 0.3 is 0 Å². The summed E-state index contributed by atoms with van der Waals surface area (Å²) in [5, 5.41) is 14.9. The highest BCUT2D eigenvalue weighted by atomic mass is 32.1. The van der Waals surface area contributed by atoms with Gasteiger partial charge in [0.2, 0.25) is 5.91 Å². The van der Waals surface area contributed by atoms with E-state index in [2.05, 4.69) is 25.2 Å². The number of hydrogen-bond acceptors (Lipinski definition) is 4. The van der Waals surface area contributed by atoms with Crippen LogP contribution in [0.2, 0.25) is 0 Å². The van der Waals surface area contributed by atoms with Crippen LogP contribution in [0.4, 0.5) is 0 Å². The van der Waals surface area contributed by atoms with Gasteiger partial charge in [0, 0.05) is 16.4 Å². The molecule has 140 valence electrons. The summed E-state index contributed by atoms with van der Waals surface area (Å²) in [6.07, 6.45) is 2.98. The quantitative estimate of drug-likeness (QED) is 0.685. The van der Waals surface area contributed by atoms with Gasteiger partial charge in [-0.15, -0.1) is 11.3 Å². The van der Waals surface area contributed by atoms with Crippen LogP contribution in [-0.2, 0) is 4.79 Å². The summed E-state index contributed by atoms with van der Waals surface area (Å²) in [7, 11) is 0. The molecule has 1 aromatic heterocycles. The van der Waals surface area contributed by atoms with Crippen LogP contribution in [0.25, 0.3) is 10.4 Å². The molecule has 3 rings (SSSR count). The van der Waals surface area contributed by atoms with Crippen molar-refractivity contribution < 1.29 is 14.6 Å². The lowest BCUT2D eigenvalue weighted by Crippen LogP contribution is -2.32. The Morgan fingerprint density at radius 2 is 2.19 bits per heavy atom. The summed E-state index contributed by atoms with van der Waals surface area (Å²) in [6.45, 7) is 4.89. The van der Waals surface area contributed by atoms with E-state index in [-0.39, 0.29) is 18.4 Å². The molecule has 2 atom stereocenters. The van der Waals surface area contributed by atoms with E-state index < -0.39 is 6.04 Å². The first kappa shape index (κ1) is 18.9. The fraction of sp³-hybridized carbons (Fsp3) is 0.476. The minimum Gasteiger partial charge on any atom is -0.493 e. The van der Waals surface area contributed by atoms with Crippen molar-refractivity contribution in [1.29, 1.82) is 0 Å². The van der Waals surface area contributed by atoms with Crippen molar-refractivity contribution in [3.05, 3.63) is 41.3 Å². The fourth-order valence-corrected chi connectivity index (χ4v) is 3.55. The number of rotatable bonds is 9. The zero-order chi connectivity index (χ0) is 18.5. The molecule has 1 heterocycles. The molecule has 0 spiro atoms. The predicted molar refractivity (Wildman–Crippen MR) is 105 cm³/mol. The normalized spacial score (nSPS) is 16.1. The maximum atomic E-state index is 12.2. The molecule has 1 aliphatic carbocycles. The van der Waals surface area contributed by atoms with Crippen LogP contribution in [0.15, 0.2) is 35.7 Å². The van der Waals surface area contributed by atoms with Crippen LogP contribution >= 0.6 is 11.3 Å². The molecule has 2 N–H and O–H groups in total. The van der Waals surface area contributed by atoms with Gasteiger partial charge in [-0.1, -0.05) is 32.4 Å². The van der Waals surface area contributed by atoms with E-state index in [1.54, 1.807) is 11.3 Å². The maximum Gasteiger partial charge on any atom is 0.223 e. The van der Waals surface area contributed by atoms with Crippen molar-refractivity contribution in [3.63, 3.8) is 0 Å². The second kappa shape index (κ2) is 8.69. The number of aliphatic hydroxyl groups excluding tert-OH is 1. The summed E-state index contributed by atoms with van der Waals surface area (Å²) in [4.78, 5) is 13.3. The molecule has 0 unspecified atom stereocenters. The second-order valence-corrected chi connectivity index (χ2v) is 8.02. The van der Waals surface area contributed by atoms with Crippen molar-refractivity contribution >= 4 is 17.2 Å². The first-order valence-electron chi connectivity index (χ1n) is 9.34. The highest BCUT2D eigenvalue weighted by Crippen LogP contribution is 2.36. The minimum absolute atomic E-state index is 0.0401. The van der Waals surface area contributed by atoms with E-state index in [0.29, 0.717) is 12.5 Å². The molecule has 5 heteroatoms. The second-order valence-electron chi connectivity index (χ2n) is 7.07. The third kappa shape index (κ3) is 4.65. The van der Waals surface area contributed by atoms with E-state index in [9.17, 15) is 9.90 Å². The molecule has 0 radical (unpaired) electrons. The van der Waals surface area contributed by atoms with Crippen molar-refractivity contribution in [3.8, 4) is 16.2 Å². The number of aliphatic hydroxyl groups is 1. The average molecular weight is 374 g/mol. The van der Waals surface area contributed by atoms with Crippen LogP contribution in [0.3, 0.4) is 0 Å². The Morgan fingerprint density at radius 3 is 2.81 bits per heavy atom. The van der Waals surface area contributed by atoms with E-state index in [1.807, 2.05) is 29.6 Å². The molecule has 0 saturated heterocycles. The highest BCUT2D eigenvalue weighted by Gasteiger charge is 2.31. The molecule has 1 aromatic carbocycles. The Hall–Kier alpha value is -1.85. The van der Waals surface area contributed by atoms with Crippen LogP contribution in [0, 0.1) is 11.8 Å². The molecular weight excluding hydrogens is 346 g/mol. The molecule has 1 fully saturated rings. The van der Waals surface area contributed by atoms with Gasteiger partial charge in [0.1, 0.15) is 5.75 Å². The number of thiophene rings is 1. The van der Waals surface area contributed by atoms with Gasteiger partial charge in [-0.2, -0.15) is 0 Å². The first-order chi connectivity index (χ1) is 12.6. The Bertz CT molecular complexity index is 725. The van der Waals surface area contributed by atoms with Crippen LogP contribution in [0.5, 0.6) is 5.75 Å². The summed E-state index contributed by atoms with van der Waals surface area (Å²) < 4.78 is 5.95. The van der Waals surface area contributed by atoms with E-state index in [4.69, 9.17) is 4.74 Å². The SMILES string of the molecule is CC[C@H](C)COc1ccc([C@H](CO)NC(=O)C2CC2)c(-c2cccs2)c1. The molecule has 26 heavy (non-hydrogen) atoms. The average Bonchev–Trinajstić information content (AvgIpc) is 3.38. The van der Waals surface area contributed by atoms with Crippen LogP contribution < -0.4 is 10.1 Å². The molecule has 4 nitrogen and oxygen atoms in total. The van der Waals surface area contributed by atoms with Crippen LogP contribution in [-0.4, -0.2) is 24.2 Å². The summed E-state index contributed by atoms with van der Waals surface area (Å²) >= 11 is 1.64.